The minimum atomic E-state index is -0.732. The van der Waals surface area contributed by atoms with E-state index in [1.54, 1.807) is 6.07 Å². The maximum atomic E-state index is 13.5. The topological polar surface area (TPSA) is 66.8 Å². The molecule has 34 heavy (non-hydrogen) atoms. The monoisotopic (exact) mass is 475 g/mol. The number of carbonyl (C=O) groups is 2. The highest BCUT2D eigenvalue weighted by Gasteiger charge is 2.48. The molecule has 1 amide bonds. The Bertz CT molecular complexity index is 1310. The highest BCUT2D eigenvalue weighted by Crippen LogP contribution is 2.46. The molecule has 1 unspecified atom stereocenters. The van der Waals surface area contributed by atoms with E-state index in [0.717, 1.165) is 21.6 Å². The molecule has 1 fully saturated rings. The van der Waals surface area contributed by atoms with E-state index in [1.165, 1.54) is 23.3 Å². The molecular weight excluding hydrogens is 446 g/mol. The Morgan fingerprint density at radius 1 is 1.03 bits per heavy atom. The number of benzene rings is 2. The van der Waals surface area contributed by atoms with Gasteiger partial charge in [0.15, 0.2) is 0 Å². The molecule has 0 saturated carbocycles. The molecule has 3 aromatic rings. The van der Waals surface area contributed by atoms with E-state index in [0.29, 0.717) is 17.0 Å². The van der Waals surface area contributed by atoms with Crippen LogP contribution in [0.2, 0.25) is 0 Å². The van der Waals surface area contributed by atoms with Gasteiger partial charge in [-0.3, -0.25) is 14.5 Å². The molecule has 2 aromatic carbocycles. The number of amides is 1. The summed E-state index contributed by atoms with van der Waals surface area (Å²) in [4.78, 5) is 29.2. The molecule has 0 aliphatic carbocycles. The summed E-state index contributed by atoms with van der Waals surface area (Å²) in [5.41, 5.74) is 3.75. The van der Waals surface area contributed by atoms with E-state index >= 15 is 0 Å². The van der Waals surface area contributed by atoms with Crippen molar-refractivity contribution in [1.82, 2.24) is 0 Å². The zero-order chi connectivity index (χ0) is 24.8. The lowest BCUT2D eigenvalue weighted by atomic mass is 9.85. The van der Waals surface area contributed by atoms with Gasteiger partial charge < -0.3 is 9.84 Å². The third kappa shape index (κ3) is 3.92. The number of para-hydroxylation sites is 1. The number of ketones is 1. The molecule has 1 aliphatic heterocycles. The van der Waals surface area contributed by atoms with Crippen LogP contribution in [0.5, 0.6) is 5.75 Å². The van der Waals surface area contributed by atoms with Gasteiger partial charge in [-0.2, -0.15) is 0 Å². The summed E-state index contributed by atoms with van der Waals surface area (Å²) in [5.74, 6) is -1.15. The first-order chi connectivity index (χ1) is 16.1. The largest absolute Gasteiger partial charge is 0.507 e. The standard InChI is InChI=1S/C28H29NO4S/c1-16-9-7-8-10-20(16)29-23(26-17(2)13-14-34-26)22(25(31)27(29)32)24(30)19-15-18(28(3,4)5)11-12-21(19)33-6/h7-15,23,30H,1-6H3/b24-22+. The van der Waals surface area contributed by atoms with Crippen molar-refractivity contribution in [1.29, 1.82) is 0 Å². The first-order valence-electron chi connectivity index (χ1n) is 11.2. The third-order valence-corrected chi connectivity index (χ3v) is 7.36. The van der Waals surface area contributed by atoms with Crippen molar-refractivity contribution in [2.75, 3.05) is 12.0 Å². The van der Waals surface area contributed by atoms with E-state index in [9.17, 15) is 14.7 Å². The third-order valence-electron chi connectivity index (χ3n) is 6.29. The smallest absolute Gasteiger partial charge is 0.300 e. The summed E-state index contributed by atoms with van der Waals surface area (Å²) in [6, 6.07) is 14.3. The fourth-order valence-electron chi connectivity index (χ4n) is 4.33. The number of rotatable bonds is 4. The molecule has 1 aromatic heterocycles. The summed E-state index contributed by atoms with van der Waals surface area (Å²) >= 11 is 1.47. The van der Waals surface area contributed by atoms with Crippen molar-refractivity contribution in [3.63, 3.8) is 0 Å². The van der Waals surface area contributed by atoms with E-state index in [2.05, 4.69) is 20.8 Å². The second-order valence-corrected chi connectivity index (χ2v) is 10.5. The highest BCUT2D eigenvalue weighted by atomic mass is 32.1. The molecule has 1 aliphatic rings. The minimum absolute atomic E-state index is 0.0724. The summed E-state index contributed by atoms with van der Waals surface area (Å²) in [6.45, 7) is 10.1. The number of thiophene rings is 1. The van der Waals surface area contributed by atoms with Crippen LogP contribution in [0.1, 0.15) is 53.9 Å². The number of nitrogens with zero attached hydrogens (tertiary/aromatic N) is 1. The van der Waals surface area contributed by atoms with Crippen molar-refractivity contribution in [3.8, 4) is 5.75 Å². The van der Waals surface area contributed by atoms with Crippen molar-refractivity contribution >= 4 is 34.5 Å². The number of carbonyl (C=O) groups excluding carboxylic acids is 2. The van der Waals surface area contributed by atoms with E-state index in [1.807, 2.05) is 61.7 Å². The van der Waals surface area contributed by atoms with Gasteiger partial charge in [0, 0.05) is 10.6 Å². The first kappa shape index (κ1) is 23.8. The lowest BCUT2D eigenvalue weighted by molar-refractivity contribution is -0.132. The summed E-state index contributed by atoms with van der Waals surface area (Å²) in [7, 11) is 1.52. The molecule has 0 radical (unpaired) electrons. The molecule has 2 heterocycles. The van der Waals surface area contributed by atoms with Crippen LogP contribution in [0, 0.1) is 13.8 Å². The quantitative estimate of drug-likeness (QED) is 0.273. The highest BCUT2D eigenvalue weighted by molar-refractivity contribution is 7.10. The number of hydrogen-bond acceptors (Lipinski definition) is 5. The summed E-state index contributed by atoms with van der Waals surface area (Å²) < 4.78 is 5.53. The predicted molar refractivity (Wildman–Crippen MR) is 137 cm³/mol. The Labute approximate surface area is 204 Å². The zero-order valence-electron chi connectivity index (χ0n) is 20.3. The number of aliphatic hydroxyl groups is 1. The van der Waals surface area contributed by atoms with Gasteiger partial charge in [-0.05, 0) is 65.6 Å². The Balaban J connectivity index is 2.02. The Morgan fingerprint density at radius 2 is 1.74 bits per heavy atom. The van der Waals surface area contributed by atoms with E-state index in [-0.39, 0.29) is 16.7 Å². The van der Waals surface area contributed by atoms with Crippen LogP contribution in [-0.2, 0) is 15.0 Å². The second kappa shape index (κ2) is 8.76. The Morgan fingerprint density at radius 3 is 2.32 bits per heavy atom. The number of methoxy groups -OCH3 is 1. The average molecular weight is 476 g/mol. The predicted octanol–water partition coefficient (Wildman–Crippen LogP) is 6.30. The van der Waals surface area contributed by atoms with Crippen LogP contribution >= 0.6 is 11.3 Å². The van der Waals surface area contributed by atoms with Gasteiger partial charge in [0.25, 0.3) is 11.7 Å². The fourth-order valence-corrected chi connectivity index (χ4v) is 5.36. The molecule has 0 spiro atoms. The van der Waals surface area contributed by atoms with E-state index in [4.69, 9.17) is 4.74 Å². The molecule has 176 valence electrons. The molecule has 4 rings (SSSR count). The normalized spacial score (nSPS) is 17.9. The average Bonchev–Trinajstić information content (AvgIpc) is 3.33. The van der Waals surface area contributed by atoms with Crippen LogP contribution in [0.3, 0.4) is 0 Å². The van der Waals surface area contributed by atoms with Gasteiger partial charge in [-0.15, -0.1) is 11.3 Å². The molecule has 6 heteroatoms. The number of aliphatic hydroxyl groups excluding tert-OH is 1. The molecule has 1 atom stereocenters. The second-order valence-electron chi connectivity index (χ2n) is 9.59. The lowest BCUT2D eigenvalue weighted by Crippen LogP contribution is -2.30. The van der Waals surface area contributed by atoms with Gasteiger partial charge in [0.2, 0.25) is 0 Å². The summed E-state index contributed by atoms with van der Waals surface area (Å²) in [5, 5.41) is 13.5. The fraction of sp³-hybridized carbons (Fsp3) is 0.286. The number of hydrogen-bond donors (Lipinski definition) is 1. The number of aryl methyl sites for hydroxylation is 2. The van der Waals surface area contributed by atoms with Crippen LogP contribution < -0.4 is 9.64 Å². The van der Waals surface area contributed by atoms with Crippen molar-refractivity contribution < 1.29 is 19.4 Å². The van der Waals surface area contributed by atoms with Crippen molar-refractivity contribution in [2.45, 2.75) is 46.1 Å². The number of Topliss-reactive ketones (excluding diaryl/α,β-unsaturated/α-hetero) is 1. The molecule has 0 bridgehead atoms. The van der Waals surface area contributed by atoms with Crippen molar-refractivity contribution in [3.05, 3.63) is 86.6 Å². The SMILES string of the molecule is COc1ccc(C(C)(C)C)cc1/C(O)=C1\C(=O)C(=O)N(c2ccccc2C)C1c1sccc1C. The van der Waals surface area contributed by atoms with Crippen molar-refractivity contribution in [2.24, 2.45) is 0 Å². The van der Waals surface area contributed by atoms with Crippen LogP contribution in [0.15, 0.2) is 59.5 Å². The zero-order valence-corrected chi connectivity index (χ0v) is 21.1. The van der Waals surface area contributed by atoms with Gasteiger partial charge in [0.1, 0.15) is 17.6 Å². The maximum Gasteiger partial charge on any atom is 0.300 e. The molecule has 5 nitrogen and oxygen atoms in total. The molecular formula is C28H29NO4S. The number of anilines is 1. The van der Waals surface area contributed by atoms with Crippen LogP contribution in [-0.4, -0.2) is 23.9 Å². The Hall–Kier alpha value is -3.38. The van der Waals surface area contributed by atoms with Gasteiger partial charge in [-0.1, -0.05) is 45.0 Å². The number of ether oxygens (including phenoxy) is 1. The maximum absolute atomic E-state index is 13.5. The van der Waals surface area contributed by atoms with Crippen LogP contribution in [0.25, 0.3) is 5.76 Å². The summed E-state index contributed by atoms with van der Waals surface area (Å²) in [6.07, 6.45) is 0. The Kier molecular flexibility index (Phi) is 6.13. The molecule has 1 N–H and O–H groups in total. The van der Waals surface area contributed by atoms with E-state index < -0.39 is 17.7 Å². The van der Waals surface area contributed by atoms with Gasteiger partial charge in [0.05, 0.1) is 18.2 Å². The van der Waals surface area contributed by atoms with Gasteiger partial charge in [-0.25, -0.2) is 0 Å². The first-order valence-corrected chi connectivity index (χ1v) is 12.0. The lowest BCUT2D eigenvalue weighted by Gasteiger charge is -2.26. The molecule has 1 saturated heterocycles. The minimum Gasteiger partial charge on any atom is -0.507 e. The van der Waals surface area contributed by atoms with Gasteiger partial charge >= 0.3 is 0 Å². The van der Waals surface area contributed by atoms with Crippen LogP contribution in [0.4, 0.5) is 5.69 Å².